The van der Waals surface area contributed by atoms with Crippen LogP contribution in [0.1, 0.15) is 109 Å². The number of carbonyl (C=O) groups is 4. The molecule has 0 fully saturated rings. The lowest BCUT2D eigenvalue weighted by Gasteiger charge is -2.25. The fraction of sp³-hybridized carbons (Fsp3) is 0.426. The van der Waals surface area contributed by atoms with Crippen LogP contribution in [0.3, 0.4) is 0 Å². The number of benzene rings is 5. The molecule has 81 heavy (non-hydrogen) atoms. The Bertz CT molecular complexity index is 3300. The second-order valence-corrected chi connectivity index (χ2v) is 26.4. The van der Waals surface area contributed by atoms with Gasteiger partial charge in [-0.05, 0) is 130 Å². The van der Waals surface area contributed by atoms with Crippen molar-refractivity contribution in [2.45, 2.75) is 114 Å². The molecule has 5 aromatic carbocycles. The van der Waals surface area contributed by atoms with Crippen LogP contribution in [-0.4, -0.2) is 114 Å². The number of ketones is 1. The first kappa shape index (κ1) is 58.9. The van der Waals surface area contributed by atoms with Crippen LogP contribution in [0.5, 0.6) is 23.0 Å². The number of carbonyl (C=O) groups excluding carboxylic acids is 4. The summed E-state index contributed by atoms with van der Waals surface area (Å²) in [7, 11) is 5.10. The number of likely N-dealkylation sites (N-methyl/N-ethyl adjacent to an activating group) is 1. The van der Waals surface area contributed by atoms with Crippen molar-refractivity contribution >= 4 is 89.9 Å². The average molecular weight is 1160 g/mol. The van der Waals surface area contributed by atoms with E-state index < -0.39 is 20.1 Å². The maximum atomic E-state index is 14.3. The van der Waals surface area contributed by atoms with Crippen LogP contribution in [0.25, 0.3) is 0 Å². The van der Waals surface area contributed by atoms with E-state index in [2.05, 4.69) is 32.7 Å². The summed E-state index contributed by atoms with van der Waals surface area (Å²) < 4.78 is 54.9. The lowest BCUT2D eigenvalue weighted by molar-refractivity contribution is -0.119. The molecule has 0 radical (unpaired) electrons. The largest absolute Gasteiger partial charge is 0.493 e. The number of Topliss-reactive ketones (excluding diaryl/α,β-unsaturated/α-hetero) is 1. The number of hydrogen-bond acceptors (Lipinski definition) is 16. The number of fused-ring (bicyclic) bond motifs is 8. The van der Waals surface area contributed by atoms with Crippen molar-refractivity contribution in [3.63, 3.8) is 0 Å². The smallest absolute Gasteiger partial charge is 0.277 e. The molecule has 4 heterocycles. The Balaban J connectivity index is 0.898. The lowest BCUT2D eigenvalue weighted by atomic mass is 10.1. The molecule has 0 bridgehead atoms. The quantitative estimate of drug-likeness (QED) is 0.0230. The second-order valence-electron chi connectivity index (χ2n) is 21.4. The molecule has 3 atom stereocenters. The zero-order chi connectivity index (χ0) is 57.4. The van der Waals surface area contributed by atoms with Crippen molar-refractivity contribution in [3.05, 3.63) is 124 Å². The van der Waals surface area contributed by atoms with Gasteiger partial charge in [-0.3, -0.25) is 28.4 Å². The molecule has 3 amide bonds. The van der Waals surface area contributed by atoms with Gasteiger partial charge in [0, 0.05) is 79.2 Å². The first-order valence-corrected chi connectivity index (χ1v) is 31.3. The highest BCUT2D eigenvalue weighted by molar-refractivity contribution is 8.77. The number of nitrogens with zero attached hydrogens (tertiary/aromatic N) is 4. The molecular formula is C61H72N6O11S3. The normalized spacial score (nSPS) is 16.8. The fourth-order valence-electron chi connectivity index (χ4n) is 11.1. The minimum Gasteiger partial charge on any atom is -0.493 e. The maximum Gasteiger partial charge on any atom is 0.277 e. The summed E-state index contributed by atoms with van der Waals surface area (Å²) in [6, 6.07) is 28.7. The number of ether oxygens (including phenoxy) is 4. The first-order valence-electron chi connectivity index (χ1n) is 27.5. The molecule has 9 rings (SSSR count). The zero-order valence-electron chi connectivity index (χ0n) is 47.1. The SMILES string of the molecule is CC=NCCCCCC(=O)C(CCSSC(C)(C)CCC(=O)Nc1cc(COc2cc3c(cc2OC)C(=O)N2c4ccccc4C[C@H]2CN3)cc(COc2cc3c(cc2OC)C(=O)N2c4ccccc4C[C@H]2CN3C)c1)S(=O)(=O)OC. The Morgan fingerprint density at radius 1 is 0.778 bits per heavy atom. The van der Waals surface area contributed by atoms with Crippen molar-refractivity contribution in [1.82, 2.24) is 0 Å². The molecule has 5 aromatic rings. The van der Waals surface area contributed by atoms with Crippen LogP contribution in [0.4, 0.5) is 28.4 Å². The van der Waals surface area contributed by atoms with E-state index in [0.29, 0.717) is 94.9 Å². The molecule has 4 aliphatic heterocycles. The molecule has 0 saturated heterocycles. The van der Waals surface area contributed by atoms with Gasteiger partial charge in [-0.25, -0.2) is 0 Å². The van der Waals surface area contributed by atoms with Gasteiger partial charge in [0.05, 0.1) is 55.9 Å². The molecule has 17 nitrogen and oxygen atoms in total. The van der Waals surface area contributed by atoms with Gasteiger partial charge in [-0.2, -0.15) is 8.42 Å². The molecule has 0 aromatic heterocycles. The summed E-state index contributed by atoms with van der Waals surface area (Å²) in [6.45, 7) is 7.88. The monoisotopic (exact) mass is 1160 g/mol. The van der Waals surface area contributed by atoms with E-state index in [1.807, 2.05) is 98.3 Å². The predicted octanol–water partition coefficient (Wildman–Crippen LogP) is 10.7. The molecule has 0 aliphatic carbocycles. The number of aliphatic imine (C=N–C) groups is 1. The van der Waals surface area contributed by atoms with E-state index in [4.69, 9.17) is 23.1 Å². The first-order chi connectivity index (χ1) is 39.0. The third-order valence-corrected chi connectivity index (χ3v) is 20.3. The molecule has 0 saturated carbocycles. The van der Waals surface area contributed by atoms with E-state index >= 15 is 0 Å². The number of methoxy groups -OCH3 is 2. The summed E-state index contributed by atoms with van der Waals surface area (Å²) in [5.41, 5.74) is 8.41. The van der Waals surface area contributed by atoms with Gasteiger partial charge in [0.15, 0.2) is 28.8 Å². The van der Waals surface area contributed by atoms with Gasteiger partial charge in [0.1, 0.15) is 18.5 Å². The van der Waals surface area contributed by atoms with E-state index in [1.165, 1.54) is 17.9 Å². The predicted molar refractivity (Wildman–Crippen MR) is 323 cm³/mol. The van der Waals surface area contributed by atoms with Crippen LogP contribution in [0, 0.1) is 0 Å². The number of nitrogens with one attached hydrogen (secondary N) is 2. The van der Waals surface area contributed by atoms with E-state index in [9.17, 15) is 27.6 Å². The third-order valence-electron chi connectivity index (χ3n) is 15.2. The van der Waals surface area contributed by atoms with Crippen molar-refractivity contribution in [2.75, 3.05) is 79.1 Å². The lowest BCUT2D eigenvalue weighted by Crippen LogP contribution is -2.41. The highest BCUT2D eigenvalue weighted by atomic mass is 33.1. The Labute approximate surface area is 483 Å². The molecule has 4 aliphatic rings. The second kappa shape index (κ2) is 26.0. The van der Waals surface area contributed by atoms with Gasteiger partial charge < -0.3 is 44.3 Å². The number of amides is 3. The summed E-state index contributed by atoms with van der Waals surface area (Å²) in [4.78, 5) is 65.5. The molecule has 20 heteroatoms. The Hall–Kier alpha value is -6.74. The van der Waals surface area contributed by atoms with Crippen LogP contribution in [-0.2, 0) is 49.9 Å². The number of unbranched alkanes of at least 4 members (excludes halogenated alkanes) is 2. The van der Waals surface area contributed by atoms with Gasteiger partial charge in [-0.1, -0.05) is 64.4 Å². The van der Waals surface area contributed by atoms with Crippen LogP contribution in [0.2, 0.25) is 0 Å². The topological polar surface area (TPSA) is 195 Å². The number of anilines is 5. The van der Waals surface area contributed by atoms with Crippen molar-refractivity contribution in [1.29, 1.82) is 0 Å². The van der Waals surface area contributed by atoms with Crippen molar-refractivity contribution in [3.8, 4) is 23.0 Å². The fourth-order valence-corrected chi connectivity index (χ4v) is 15.0. The van der Waals surface area contributed by atoms with Gasteiger partial charge in [0.2, 0.25) is 5.91 Å². The van der Waals surface area contributed by atoms with E-state index in [0.717, 1.165) is 61.0 Å². The summed E-state index contributed by atoms with van der Waals surface area (Å²) in [5, 5.41) is 5.36. The standard InChI is InChI=1S/C61H72N6O11S3/c1-8-62-24-15-9-10-20-52(68)57(81(72,73)76-7)22-25-79-80-61(2,3)23-21-58(69)64-43-27-39(37-77-55-33-48-46(31-53(55)74-5)59(70)66-44(35-63-48)29-41-16-11-13-18-49(41)66)26-40(28-43)38-78-56-34-51-47(32-54(56)75-6)60(71)67-45(36-65(51)4)30-42-17-12-14-19-50(42)67/h8,11-14,16-19,26-28,31-34,44-45,57,63H,9-10,15,20-25,29-30,35-38H2,1-7H3,(H,64,69)/t44-,45-,57?/m0/s1. The Morgan fingerprint density at radius 3 is 2.05 bits per heavy atom. The van der Waals surface area contributed by atoms with Crippen molar-refractivity contribution in [2.24, 2.45) is 4.99 Å². The molecule has 1 unspecified atom stereocenters. The summed E-state index contributed by atoms with van der Waals surface area (Å²) in [6.07, 6.45) is 6.39. The van der Waals surface area contributed by atoms with Crippen LogP contribution < -0.4 is 44.3 Å². The number of rotatable bonds is 26. The van der Waals surface area contributed by atoms with Gasteiger partial charge >= 0.3 is 0 Å². The zero-order valence-corrected chi connectivity index (χ0v) is 49.5. The molecular weight excluding hydrogens is 1090 g/mol. The van der Waals surface area contributed by atoms with Gasteiger partial charge in [0.25, 0.3) is 21.9 Å². The maximum absolute atomic E-state index is 14.3. The highest BCUT2D eigenvalue weighted by Gasteiger charge is 2.41. The van der Waals surface area contributed by atoms with Crippen LogP contribution in [0.15, 0.2) is 96.0 Å². The molecule has 430 valence electrons. The molecule has 2 N–H and O–H groups in total. The highest BCUT2D eigenvalue weighted by Crippen LogP contribution is 2.44. The minimum atomic E-state index is -4.07. The summed E-state index contributed by atoms with van der Waals surface area (Å²) >= 11 is 0. The molecule has 0 spiro atoms. The Morgan fingerprint density at radius 2 is 1.40 bits per heavy atom. The Kier molecular flexibility index (Phi) is 18.9. The number of para-hydroxylation sites is 2. The van der Waals surface area contributed by atoms with Crippen molar-refractivity contribution < 1.29 is 50.7 Å². The summed E-state index contributed by atoms with van der Waals surface area (Å²) in [5.74, 6) is 1.26. The van der Waals surface area contributed by atoms with Gasteiger partial charge in [-0.15, -0.1) is 0 Å². The van der Waals surface area contributed by atoms with E-state index in [1.54, 1.807) is 42.3 Å². The number of hydrogen-bond donors (Lipinski definition) is 2. The average Bonchev–Trinajstić information content (AvgIpc) is 3.45. The van der Waals surface area contributed by atoms with E-state index in [-0.39, 0.29) is 68.1 Å². The third kappa shape index (κ3) is 13.6. The minimum absolute atomic E-state index is 0.0348. The van der Waals surface area contributed by atoms with Crippen LogP contribution >= 0.6 is 21.6 Å².